The number of nitrogens with zero attached hydrogens (tertiary/aromatic N) is 2. The summed E-state index contributed by atoms with van der Waals surface area (Å²) < 4.78 is 37.9. The van der Waals surface area contributed by atoms with E-state index in [0.29, 0.717) is 5.39 Å². The van der Waals surface area contributed by atoms with E-state index in [1.807, 2.05) is 0 Å². The van der Waals surface area contributed by atoms with Crippen molar-refractivity contribution < 1.29 is 13.2 Å². The molecule has 84 valence electrons. The van der Waals surface area contributed by atoms with Crippen molar-refractivity contribution in [3.8, 4) is 0 Å². The average molecular weight is 358 g/mol. The number of aromatic nitrogens is 2. The number of benzene rings is 1. The molecular formula is C9H3ClF3IN2. The quantitative estimate of drug-likeness (QED) is 0.527. The molecule has 2 rings (SSSR count). The lowest BCUT2D eigenvalue weighted by molar-refractivity contribution is -0.138. The summed E-state index contributed by atoms with van der Waals surface area (Å²) in [5, 5.41) is 0.568. The van der Waals surface area contributed by atoms with Gasteiger partial charge in [-0.15, -0.1) is 0 Å². The third-order valence-electron chi connectivity index (χ3n) is 1.98. The molecule has 0 aliphatic carbocycles. The fourth-order valence-electron chi connectivity index (χ4n) is 1.26. The van der Waals surface area contributed by atoms with Gasteiger partial charge < -0.3 is 0 Å². The lowest BCUT2D eigenvalue weighted by atomic mass is 10.1. The summed E-state index contributed by atoms with van der Waals surface area (Å²) in [5.74, 6) is 0. The van der Waals surface area contributed by atoms with Crippen LogP contribution >= 0.6 is 34.2 Å². The highest BCUT2D eigenvalue weighted by molar-refractivity contribution is 14.1. The van der Waals surface area contributed by atoms with E-state index >= 15 is 0 Å². The smallest absolute Gasteiger partial charge is 0.236 e. The monoisotopic (exact) mass is 358 g/mol. The topological polar surface area (TPSA) is 25.8 Å². The third kappa shape index (κ3) is 2.08. The van der Waals surface area contributed by atoms with Crippen LogP contribution in [-0.4, -0.2) is 9.97 Å². The van der Waals surface area contributed by atoms with Crippen LogP contribution in [0.15, 0.2) is 18.5 Å². The molecule has 0 saturated heterocycles. The number of fused-ring (bicyclic) bond motifs is 1. The largest absolute Gasteiger partial charge is 0.417 e. The van der Waals surface area contributed by atoms with Gasteiger partial charge in [0.2, 0.25) is 0 Å². The van der Waals surface area contributed by atoms with E-state index < -0.39 is 11.7 Å². The molecule has 0 bridgehead atoms. The first-order chi connectivity index (χ1) is 7.39. The van der Waals surface area contributed by atoms with Crippen LogP contribution in [0.1, 0.15) is 5.56 Å². The van der Waals surface area contributed by atoms with E-state index in [2.05, 4.69) is 9.97 Å². The molecule has 16 heavy (non-hydrogen) atoms. The predicted octanol–water partition coefficient (Wildman–Crippen LogP) is 3.91. The van der Waals surface area contributed by atoms with Crippen LogP contribution in [0.2, 0.25) is 5.15 Å². The van der Waals surface area contributed by atoms with Gasteiger partial charge in [-0.1, -0.05) is 11.6 Å². The van der Waals surface area contributed by atoms with Crippen LogP contribution in [0, 0.1) is 3.57 Å². The molecule has 0 atom stereocenters. The molecule has 0 spiro atoms. The van der Waals surface area contributed by atoms with Crippen molar-refractivity contribution in [2.24, 2.45) is 0 Å². The number of rotatable bonds is 0. The molecule has 0 fully saturated rings. The van der Waals surface area contributed by atoms with E-state index in [4.69, 9.17) is 11.6 Å². The zero-order valence-electron chi connectivity index (χ0n) is 7.52. The Kier molecular flexibility index (Phi) is 2.95. The van der Waals surface area contributed by atoms with Gasteiger partial charge in [0.1, 0.15) is 11.5 Å². The lowest BCUT2D eigenvalue weighted by Crippen LogP contribution is -2.07. The Morgan fingerprint density at radius 1 is 1.19 bits per heavy atom. The first kappa shape index (κ1) is 11.8. The van der Waals surface area contributed by atoms with Gasteiger partial charge >= 0.3 is 6.18 Å². The molecule has 0 unspecified atom stereocenters. The highest BCUT2D eigenvalue weighted by Crippen LogP contribution is 2.35. The Morgan fingerprint density at radius 2 is 1.88 bits per heavy atom. The number of halogens is 5. The Balaban J connectivity index is 2.78. The van der Waals surface area contributed by atoms with Gasteiger partial charge in [-0.3, -0.25) is 0 Å². The summed E-state index contributed by atoms with van der Waals surface area (Å²) in [6, 6.07) is 2.31. The van der Waals surface area contributed by atoms with Crippen molar-refractivity contribution >= 4 is 45.1 Å². The van der Waals surface area contributed by atoms with Crippen molar-refractivity contribution in [1.82, 2.24) is 9.97 Å². The van der Waals surface area contributed by atoms with Crippen LogP contribution in [0.5, 0.6) is 0 Å². The molecule has 0 amide bonds. The van der Waals surface area contributed by atoms with Gasteiger partial charge in [0.15, 0.2) is 0 Å². The summed E-state index contributed by atoms with van der Waals surface area (Å²) in [6.07, 6.45) is -3.25. The van der Waals surface area contributed by atoms with Crippen LogP contribution in [-0.2, 0) is 6.18 Å². The summed E-state index contributed by atoms with van der Waals surface area (Å²) in [5.41, 5.74) is -0.525. The molecule has 1 aromatic heterocycles. The van der Waals surface area contributed by atoms with Gasteiger partial charge in [-0.05, 0) is 34.7 Å². The fourth-order valence-corrected chi connectivity index (χ4v) is 2.23. The molecule has 0 N–H and O–H groups in total. The molecule has 7 heteroatoms. The molecule has 1 heterocycles. The number of hydrogen-bond donors (Lipinski definition) is 0. The molecule has 0 saturated carbocycles. The zero-order chi connectivity index (χ0) is 11.9. The van der Waals surface area contributed by atoms with Crippen molar-refractivity contribution in [3.63, 3.8) is 0 Å². The number of hydrogen-bond acceptors (Lipinski definition) is 2. The highest BCUT2D eigenvalue weighted by atomic mass is 127. The second kappa shape index (κ2) is 3.99. The van der Waals surface area contributed by atoms with Crippen molar-refractivity contribution in [2.45, 2.75) is 6.18 Å². The Labute approximate surface area is 107 Å². The normalized spacial score (nSPS) is 12.1. The maximum absolute atomic E-state index is 12.6. The fraction of sp³-hybridized carbons (Fsp3) is 0.111. The van der Waals surface area contributed by atoms with Gasteiger partial charge in [-0.25, -0.2) is 9.97 Å². The molecule has 0 radical (unpaired) electrons. The van der Waals surface area contributed by atoms with E-state index in [1.54, 1.807) is 22.6 Å². The Hall–Kier alpha value is -0.630. The van der Waals surface area contributed by atoms with Crippen LogP contribution < -0.4 is 0 Å². The lowest BCUT2D eigenvalue weighted by Gasteiger charge is -2.10. The van der Waals surface area contributed by atoms with Crippen molar-refractivity contribution in [3.05, 3.63) is 32.7 Å². The standard InChI is InChI=1S/C9H3ClF3IN2/c10-8-4-1-6(14)5(9(11,12)13)2-7(4)15-3-16-8/h1-3H. The van der Waals surface area contributed by atoms with Gasteiger partial charge in [0.05, 0.1) is 11.1 Å². The van der Waals surface area contributed by atoms with Crippen molar-refractivity contribution in [2.75, 3.05) is 0 Å². The summed E-state index contributed by atoms with van der Waals surface area (Å²) in [4.78, 5) is 7.47. The highest BCUT2D eigenvalue weighted by Gasteiger charge is 2.33. The Morgan fingerprint density at radius 3 is 2.50 bits per heavy atom. The van der Waals surface area contributed by atoms with Gasteiger partial charge in [0.25, 0.3) is 0 Å². The van der Waals surface area contributed by atoms with Crippen molar-refractivity contribution in [1.29, 1.82) is 0 Å². The molecule has 2 aromatic rings. The minimum absolute atomic E-state index is 0.0781. The number of alkyl halides is 3. The van der Waals surface area contributed by atoms with E-state index in [-0.39, 0.29) is 14.2 Å². The minimum Gasteiger partial charge on any atom is -0.236 e. The summed E-state index contributed by atoms with van der Waals surface area (Å²) in [7, 11) is 0. The predicted molar refractivity (Wildman–Crippen MR) is 62.3 cm³/mol. The molecule has 0 aliphatic rings. The van der Waals surface area contributed by atoms with Gasteiger partial charge in [0, 0.05) is 8.96 Å². The molecule has 1 aromatic carbocycles. The molecule has 2 nitrogen and oxygen atoms in total. The van der Waals surface area contributed by atoms with Crippen LogP contribution in [0.3, 0.4) is 0 Å². The zero-order valence-corrected chi connectivity index (χ0v) is 10.4. The first-order valence-corrected chi connectivity index (χ1v) is 5.52. The molecule has 0 aliphatic heterocycles. The minimum atomic E-state index is -4.39. The maximum Gasteiger partial charge on any atom is 0.417 e. The SMILES string of the molecule is FC(F)(F)c1cc2ncnc(Cl)c2cc1I. The summed E-state index contributed by atoms with van der Waals surface area (Å²) in [6.45, 7) is 0. The van der Waals surface area contributed by atoms with Gasteiger partial charge in [-0.2, -0.15) is 13.2 Å². The third-order valence-corrected chi connectivity index (χ3v) is 3.17. The second-order valence-electron chi connectivity index (χ2n) is 3.01. The van der Waals surface area contributed by atoms with E-state index in [0.717, 1.165) is 12.4 Å². The van der Waals surface area contributed by atoms with Crippen LogP contribution in [0.4, 0.5) is 13.2 Å². The summed E-state index contributed by atoms with van der Waals surface area (Å²) >= 11 is 7.38. The first-order valence-electron chi connectivity index (χ1n) is 4.06. The van der Waals surface area contributed by atoms with E-state index in [9.17, 15) is 13.2 Å². The van der Waals surface area contributed by atoms with E-state index in [1.165, 1.54) is 6.07 Å². The maximum atomic E-state index is 12.6. The Bertz CT molecular complexity index is 556. The second-order valence-corrected chi connectivity index (χ2v) is 4.53. The average Bonchev–Trinajstić information content (AvgIpc) is 2.17. The molecular weight excluding hydrogens is 355 g/mol. The van der Waals surface area contributed by atoms with Crippen LogP contribution in [0.25, 0.3) is 10.9 Å².